The second kappa shape index (κ2) is 13.3. The molecule has 2 amide bonds. The molecule has 1 fully saturated rings. The lowest BCUT2D eigenvalue weighted by Gasteiger charge is -2.27. The SMILES string of the molecule is CCS(=O)(=O)C(N)CCC[C@@H](N)C(=O)N1CCC[C@H]1C(=O)N[C@H](C=O)CCCN=C(N)N. The van der Waals surface area contributed by atoms with E-state index in [1.165, 1.54) is 11.8 Å². The Morgan fingerprint density at radius 2 is 1.88 bits per heavy atom. The fourth-order valence-electron chi connectivity index (χ4n) is 3.54. The van der Waals surface area contributed by atoms with Crippen LogP contribution in [0.25, 0.3) is 0 Å². The van der Waals surface area contributed by atoms with Gasteiger partial charge in [-0.3, -0.25) is 14.6 Å². The molecule has 0 aromatic heterocycles. The van der Waals surface area contributed by atoms with E-state index in [-0.39, 0.29) is 30.5 Å². The summed E-state index contributed by atoms with van der Waals surface area (Å²) in [5, 5.41) is 1.69. The molecule has 1 rings (SSSR count). The molecule has 1 unspecified atom stereocenters. The van der Waals surface area contributed by atoms with Crippen LogP contribution in [0.5, 0.6) is 0 Å². The summed E-state index contributed by atoms with van der Waals surface area (Å²) in [6, 6.07) is -2.26. The van der Waals surface area contributed by atoms with Crippen LogP contribution in [0.2, 0.25) is 0 Å². The number of amides is 2. The number of rotatable bonds is 14. The zero-order chi connectivity index (χ0) is 24.3. The van der Waals surface area contributed by atoms with Gasteiger partial charge >= 0.3 is 0 Å². The fourth-order valence-corrected chi connectivity index (χ4v) is 4.50. The number of carbonyl (C=O) groups is 3. The van der Waals surface area contributed by atoms with Crippen LogP contribution in [0.1, 0.15) is 51.9 Å². The van der Waals surface area contributed by atoms with Crippen molar-refractivity contribution >= 4 is 33.9 Å². The van der Waals surface area contributed by atoms with Gasteiger partial charge in [-0.1, -0.05) is 6.92 Å². The van der Waals surface area contributed by atoms with Crippen LogP contribution in [0.15, 0.2) is 4.99 Å². The summed E-state index contributed by atoms with van der Waals surface area (Å²) in [7, 11) is -3.34. The molecule has 0 aromatic carbocycles. The number of carbonyl (C=O) groups excluding carboxylic acids is 3. The van der Waals surface area contributed by atoms with Crippen LogP contribution in [0, 0.1) is 0 Å². The molecule has 0 saturated carbocycles. The van der Waals surface area contributed by atoms with Gasteiger partial charge in [0, 0.05) is 18.8 Å². The van der Waals surface area contributed by atoms with Crippen LogP contribution in [0.3, 0.4) is 0 Å². The summed E-state index contributed by atoms with van der Waals surface area (Å²) in [6.07, 6.45) is 3.49. The Bertz CT molecular complexity index is 770. The maximum absolute atomic E-state index is 12.8. The summed E-state index contributed by atoms with van der Waals surface area (Å²) in [4.78, 5) is 42.1. The molecule has 9 N–H and O–H groups in total. The summed E-state index contributed by atoms with van der Waals surface area (Å²) in [5.74, 6) is -0.857. The molecule has 1 aliphatic heterocycles. The van der Waals surface area contributed by atoms with Crippen LogP contribution < -0.4 is 28.3 Å². The van der Waals surface area contributed by atoms with E-state index in [0.29, 0.717) is 51.5 Å². The number of nitrogens with two attached hydrogens (primary N) is 4. The van der Waals surface area contributed by atoms with E-state index in [4.69, 9.17) is 22.9 Å². The van der Waals surface area contributed by atoms with Gasteiger partial charge in [-0.15, -0.1) is 0 Å². The number of aliphatic imine (C=N–C) groups is 1. The number of guanidine groups is 1. The maximum Gasteiger partial charge on any atom is 0.243 e. The van der Waals surface area contributed by atoms with Crippen molar-refractivity contribution in [2.75, 3.05) is 18.8 Å². The minimum absolute atomic E-state index is 0.0397. The monoisotopic (exact) mass is 475 g/mol. The topological polar surface area (TPSA) is 217 Å². The van der Waals surface area contributed by atoms with Crippen molar-refractivity contribution in [2.24, 2.45) is 27.9 Å². The van der Waals surface area contributed by atoms with Crippen molar-refractivity contribution in [2.45, 2.75) is 75.4 Å². The molecule has 184 valence electrons. The molecular formula is C19H37N7O5S. The smallest absolute Gasteiger partial charge is 0.243 e. The average Bonchev–Trinajstić information content (AvgIpc) is 3.24. The lowest BCUT2D eigenvalue weighted by Crippen LogP contribution is -2.53. The van der Waals surface area contributed by atoms with E-state index in [2.05, 4.69) is 10.3 Å². The minimum atomic E-state index is -3.34. The molecule has 32 heavy (non-hydrogen) atoms. The molecule has 0 aliphatic carbocycles. The Labute approximate surface area is 189 Å². The molecule has 0 bridgehead atoms. The number of likely N-dealkylation sites (tertiary alicyclic amines) is 1. The Balaban J connectivity index is 2.57. The van der Waals surface area contributed by atoms with Gasteiger partial charge in [0.1, 0.15) is 17.7 Å². The quantitative estimate of drug-likeness (QED) is 0.0805. The highest BCUT2D eigenvalue weighted by atomic mass is 32.2. The van der Waals surface area contributed by atoms with Gasteiger partial charge in [0.25, 0.3) is 0 Å². The Morgan fingerprint density at radius 3 is 2.47 bits per heavy atom. The number of aldehydes is 1. The first-order valence-corrected chi connectivity index (χ1v) is 12.6. The predicted octanol–water partition coefficient (Wildman–Crippen LogP) is -2.07. The molecule has 0 radical (unpaired) electrons. The van der Waals surface area contributed by atoms with Gasteiger partial charge in [0.05, 0.1) is 12.1 Å². The normalized spacial score (nSPS) is 19.1. The minimum Gasteiger partial charge on any atom is -0.370 e. The fraction of sp³-hybridized carbons (Fsp3) is 0.789. The third kappa shape index (κ3) is 8.71. The molecule has 4 atom stereocenters. The molecule has 13 heteroatoms. The van der Waals surface area contributed by atoms with E-state index >= 15 is 0 Å². The largest absolute Gasteiger partial charge is 0.370 e. The zero-order valence-corrected chi connectivity index (χ0v) is 19.4. The molecule has 1 aliphatic rings. The van der Waals surface area contributed by atoms with E-state index in [0.717, 1.165) is 0 Å². The molecule has 0 spiro atoms. The second-order valence-electron chi connectivity index (χ2n) is 7.92. The standard InChI is InChI=1S/C19H37N7O5S/c1-2-32(30,31)16(21)9-3-7-14(20)18(29)26-11-5-8-15(26)17(28)25-13(12-27)6-4-10-24-19(22)23/h12-16H,2-11,20-21H2,1H3,(H,25,28)(H4,22,23,24)/t13-,14+,15-,16?/m0/s1. The second-order valence-corrected chi connectivity index (χ2v) is 10.4. The van der Waals surface area contributed by atoms with E-state index in [1.54, 1.807) is 0 Å². The third-order valence-corrected chi connectivity index (χ3v) is 7.45. The van der Waals surface area contributed by atoms with Crippen molar-refractivity contribution < 1.29 is 22.8 Å². The first-order valence-electron chi connectivity index (χ1n) is 10.9. The lowest BCUT2D eigenvalue weighted by atomic mass is 10.1. The summed E-state index contributed by atoms with van der Waals surface area (Å²) >= 11 is 0. The van der Waals surface area contributed by atoms with Crippen LogP contribution in [-0.4, -0.2) is 79.7 Å². The van der Waals surface area contributed by atoms with Crippen molar-refractivity contribution in [3.05, 3.63) is 0 Å². The molecule has 1 saturated heterocycles. The van der Waals surface area contributed by atoms with E-state index in [9.17, 15) is 22.8 Å². The van der Waals surface area contributed by atoms with Crippen LogP contribution in [-0.2, 0) is 24.2 Å². The van der Waals surface area contributed by atoms with Gasteiger partial charge < -0.3 is 37.9 Å². The van der Waals surface area contributed by atoms with Crippen molar-refractivity contribution in [3.63, 3.8) is 0 Å². The summed E-state index contributed by atoms with van der Waals surface area (Å²) in [5.41, 5.74) is 22.2. The zero-order valence-electron chi connectivity index (χ0n) is 18.6. The van der Waals surface area contributed by atoms with Gasteiger partial charge in [-0.2, -0.15) is 0 Å². The highest BCUT2D eigenvalue weighted by Crippen LogP contribution is 2.20. The van der Waals surface area contributed by atoms with Crippen LogP contribution in [0.4, 0.5) is 0 Å². The first-order chi connectivity index (χ1) is 15.0. The first kappa shape index (κ1) is 27.8. The number of hydrogen-bond donors (Lipinski definition) is 5. The van der Waals surface area contributed by atoms with E-state index < -0.39 is 39.2 Å². The number of nitrogens with zero attached hydrogens (tertiary/aromatic N) is 2. The van der Waals surface area contributed by atoms with Gasteiger partial charge in [0.2, 0.25) is 11.8 Å². The Morgan fingerprint density at radius 1 is 1.19 bits per heavy atom. The van der Waals surface area contributed by atoms with Crippen molar-refractivity contribution in [1.82, 2.24) is 10.2 Å². The Hall–Kier alpha value is -2.25. The predicted molar refractivity (Wildman–Crippen MR) is 122 cm³/mol. The maximum atomic E-state index is 12.8. The van der Waals surface area contributed by atoms with Crippen molar-refractivity contribution in [3.8, 4) is 0 Å². The molecule has 1 heterocycles. The third-order valence-electron chi connectivity index (χ3n) is 5.48. The summed E-state index contributed by atoms with van der Waals surface area (Å²) < 4.78 is 23.5. The molecule has 12 nitrogen and oxygen atoms in total. The van der Waals surface area contributed by atoms with Gasteiger partial charge in [-0.05, 0) is 44.9 Å². The molecule has 0 aromatic rings. The van der Waals surface area contributed by atoms with Crippen molar-refractivity contribution in [1.29, 1.82) is 0 Å². The average molecular weight is 476 g/mol. The van der Waals surface area contributed by atoms with Gasteiger partial charge in [0.15, 0.2) is 15.8 Å². The number of sulfone groups is 1. The van der Waals surface area contributed by atoms with Crippen LogP contribution >= 0.6 is 0 Å². The summed E-state index contributed by atoms with van der Waals surface area (Å²) in [6.45, 7) is 2.27. The highest BCUT2D eigenvalue weighted by molar-refractivity contribution is 7.91. The highest BCUT2D eigenvalue weighted by Gasteiger charge is 2.36. The van der Waals surface area contributed by atoms with E-state index in [1.807, 2.05) is 0 Å². The van der Waals surface area contributed by atoms with Gasteiger partial charge in [-0.25, -0.2) is 8.42 Å². The number of hydrogen-bond acceptors (Lipinski definition) is 8. The lowest BCUT2D eigenvalue weighted by molar-refractivity contribution is -0.140. The number of nitrogens with one attached hydrogen (secondary N) is 1. The molecular weight excluding hydrogens is 438 g/mol. The Kier molecular flexibility index (Phi) is 11.6.